The highest BCUT2D eigenvalue weighted by atomic mass is 35.5. The molecule has 5 heteroatoms. The van der Waals surface area contributed by atoms with Gasteiger partial charge in [0.15, 0.2) is 0 Å². The van der Waals surface area contributed by atoms with Crippen LogP contribution in [-0.2, 0) is 9.59 Å². The van der Waals surface area contributed by atoms with Crippen molar-refractivity contribution in [2.24, 2.45) is 5.92 Å². The van der Waals surface area contributed by atoms with E-state index in [0.29, 0.717) is 23.6 Å². The van der Waals surface area contributed by atoms with Crippen LogP contribution in [0.3, 0.4) is 0 Å². The second-order valence-electron chi connectivity index (χ2n) is 6.00. The van der Waals surface area contributed by atoms with Crippen molar-refractivity contribution in [1.82, 2.24) is 4.90 Å². The van der Waals surface area contributed by atoms with Gasteiger partial charge in [0.25, 0.3) is 0 Å². The Morgan fingerprint density at radius 2 is 1.79 bits per heavy atom. The van der Waals surface area contributed by atoms with E-state index in [0.717, 1.165) is 5.56 Å². The van der Waals surface area contributed by atoms with Crippen LogP contribution < -0.4 is 5.32 Å². The lowest BCUT2D eigenvalue weighted by Gasteiger charge is -2.38. The Labute approximate surface area is 146 Å². The van der Waals surface area contributed by atoms with E-state index in [9.17, 15) is 9.59 Å². The summed E-state index contributed by atoms with van der Waals surface area (Å²) in [5.74, 6) is -0.296. The summed E-state index contributed by atoms with van der Waals surface area (Å²) in [6, 6.07) is 16.5. The van der Waals surface area contributed by atoms with Crippen LogP contribution in [0.1, 0.15) is 24.4 Å². The van der Waals surface area contributed by atoms with E-state index in [2.05, 4.69) is 5.32 Å². The van der Waals surface area contributed by atoms with Gasteiger partial charge in [-0.15, -0.1) is 0 Å². The maximum absolute atomic E-state index is 12.8. The Bertz CT molecular complexity index is 731. The molecule has 3 rings (SSSR count). The van der Waals surface area contributed by atoms with E-state index >= 15 is 0 Å². The molecule has 0 radical (unpaired) electrons. The molecule has 2 amide bonds. The monoisotopic (exact) mass is 342 g/mol. The number of carbonyl (C=O) groups is 2. The molecule has 1 fully saturated rings. The molecule has 1 aliphatic heterocycles. The number of anilines is 1. The van der Waals surface area contributed by atoms with Gasteiger partial charge in [-0.25, -0.2) is 0 Å². The Morgan fingerprint density at radius 1 is 1.12 bits per heavy atom. The van der Waals surface area contributed by atoms with Gasteiger partial charge in [0.2, 0.25) is 11.8 Å². The number of hydrogen-bond acceptors (Lipinski definition) is 2. The van der Waals surface area contributed by atoms with Gasteiger partial charge in [-0.1, -0.05) is 41.9 Å². The Kier molecular flexibility index (Phi) is 4.86. The maximum Gasteiger partial charge on any atom is 0.229 e. The SMILES string of the molecule is CN1C(=O)CC[C@H](C(=O)Nc2ccc(Cl)cc2)[C@@H]1c1ccccc1. The lowest BCUT2D eigenvalue weighted by molar-refractivity contribution is -0.140. The normalized spacial score (nSPS) is 20.8. The third kappa shape index (κ3) is 3.44. The Hall–Kier alpha value is -2.33. The molecular weight excluding hydrogens is 324 g/mol. The fraction of sp³-hybridized carbons (Fsp3) is 0.263. The highest BCUT2D eigenvalue weighted by Crippen LogP contribution is 2.36. The van der Waals surface area contributed by atoms with Crippen LogP contribution in [0.4, 0.5) is 5.69 Å². The summed E-state index contributed by atoms with van der Waals surface area (Å²) in [6.07, 6.45) is 0.931. The van der Waals surface area contributed by atoms with Gasteiger partial charge in [-0.2, -0.15) is 0 Å². The van der Waals surface area contributed by atoms with Gasteiger partial charge in [-0.05, 0) is 36.2 Å². The van der Waals surface area contributed by atoms with Crippen molar-refractivity contribution < 1.29 is 9.59 Å². The minimum Gasteiger partial charge on any atom is -0.338 e. The van der Waals surface area contributed by atoms with Gasteiger partial charge >= 0.3 is 0 Å². The molecule has 0 aromatic heterocycles. The molecule has 2 aromatic carbocycles. The zero-order valence-electron chi connectivity index (χ0n) is 13.4. The first-order valence-corrected chi connectivity index (χ1v) is 8.31. The number of carbonyl (C=O) groups excluding carboxylic acids is 2. The van der Waals surface area contributed by atoms with E-state index in [4.69, 9.17) is 11.6 Å². The lowest BCUT2D eigenvalue weighted by Crippen LogP contribution is -2.44. The number of amides is 2. The summed E-state index contributed by atoms with van der Waals surface area (Å²) in [5.41, 5.74) is 1.68. The Balaban J connectivity index is 1.84. The highest BCUT2D eigenvalue weighted by molar-refractivity contribution is 6.30. The molecule has 1 N–H and O–H groups in total. The lowest BCUT2D eigenvalue weighted by atomic mass is 9.84. The fourth-order valence-corrected chi connectivity index (χ4v) is 3.31. The predicted octanol–water partition coefficient (Wildman–Crippen LogP) is 3.89. The van der Waals surface area contributed by atoms with Crippen LogP contribution in [0.2, 0.25) is 5.02 Å². The van der Waals surface area contributed by atoms with Crippen molar-refractivity contribution in [3.05, 3.63) is 65.2 Å². The molecule has 1 saturated heterocycles. The molecule has 0 unspecified atom stereocenters. The third-order valence-electron chi connectivity index (χ3n) is 4.45. The third-order valence-corrected chi connectivity index (χ3v) is 4.70. The number of benzene rings is 2. The molecule has 2 atom stereocenters. The smallest absolute Gasteiger partial charge is 0.229 e. The highest BCUT2D eigenvalue weighted by Gasteiger charge is 2.38. The molecule has 4 nitrogen and oxygen atoms in total. The van der Waals surface area contributed by atoms with Gasteiger partial charge in [0, 0.05) is 24.2 Å². The van der Waals surface area contributed by atoms with Crippen LogP contribution in [0.25, 0.3) is 0 Å². The van der Waals surface area contributed by atoms with Crippen molar-refractivity contribution in [3.63, 3.8) is 0 Å². The van der Waals surface area contributed by atoms with E-state index in [1.54, 1.807) is 36.2 Å². The van der Waals surface area contributed by atoms with E-state index in [-0.39, 0.29) is 23.8 Å². The minimum atomic E-state index is -0.286. The summed E-state index contributed by atoms with van der Waals surface area (Å²) < 4.78 is 0. The molecule has 124 valence electrons. The standard InChI is InChI=1S/C19H19ClN2O2/c1-22-17(23)12-11-16(18(22)13-5-3-2-4-6-13)19(24)21-15-9-7-14(20)8-10-15/h2-10,16,18H,11-12H2,1H3,(H,21,24)/t16-,18-/m0/s1. The van der Waals surface area contributed by atoms with Gasteiger partial charge in [0.1, 0.15) is 0 Å². The summed E-state index contributed by atoms with van der Waals surface area (Å²) in [4.78, 5) is 26.6. The van der Waals surface area contributed by atoms with Gasteiger partial charge in [-0.3, -0.25) is 9.59 Å². The van der Waals surface area contributed by atoms with Gasteiger partial charge < -0.3 is 10.2 Å². The van der Waals surface area contributed by atoms with Crippen molar-refractivity contribution in [3.8, 4) is 0 Å². The van der Waals surface area contributed by atoms with Crippen LogP contribution in [0.15, 0.2) is 54.6 Å². The van der Waals surface area contributed by atoms with Crippen molar-refractivity contribution in [2.45, 2.75) is 18.9 Å². The van der Waals surface area contributed by atoms with Crippen molar-refractivity contribution in [2.75, 3.05) is 12.4 Å². The first-order chi connectivity index (χ1) is 11.6. The summed E-state index contributed by atoms with van der Waals surface area (Å²) in [7, 11) is 1.77. The topological polar surface area (TPSA) is 49.4 Å². The summed E-state index contributed by atoms with van der Waals surface area (Å²) in [6.45, 7) is 0. The van der Waals surface area contributed by atoms with Gasteiger partial charge in [0.05, 0.1) is 12.0 Å². The quantitative estimate of drug-likeness (QED) is 0.920. The number of nitrogens with one attached hydrogen (secondary N) is 1. The molecule has 0 aliphatic carbocycles. The first kappa shape index (κ1) is 16.5. The molecule has 1 heterocycles. The number of nitrogens with zero attached hydrogens (tertiary/aromatic N) is 1. The zero-order chi connectivity index (χ0) is 17.1. The average Bonchev–Trinajstić information content (AvgIpc) is 2.60. The van der Waals surface area contributed by atoms with Crippen molar-refractivity contribution >= 4 is 29.1 Å². The zero-order valence-corrected chi connectivity index (χ0v) is 14.2. The molecule has 24 heavy (non-hydrogen) atoms. The Morgan fingerprint density at radius 3 is 2.46 bits per heavy atom. The maximum atomic E-state index is 12.8. The molecular formula is C19H19ClN2O2. The second kappa shape index (κ2) is 7.05. The fourth-order valence-electron chi connectivity index (χ4n) is 3.19. The van der Waals surface area contributed by atoms with Crippen LogP contribution in [-0.4, -0.2) is 23.8 Å². The second-order valence-corrected chi connectivity index (χ2v) is 6.44. The average molecular weight is 343 g/mol. The van der Waals surface area contributed by atoms with Crippen LogP contribution in [0.5, 0.6) is 0 Å². The van der Waals surface area contributed by atoms with Crippen LogP contribution in [0, 0.1) is 5.92 Å². The number of rotatable bonds is 3. The molecule has 1 aliphatic rings. The largest absolute Gasteiger partial charge is 0.338 e. The van der Waals surface area contributed by atoms with Crippen LogP contribution >= 0.6 is 11.6 Å². The van der Waals surface area contributed by atoms with E-state index < -0.39 is 0 Å². The molecule has 0 spiro atoms. The first-order valence-electron chi connectivity index (χ1n) is 7.93. The number of halogens is 1. The van der Waals surface area contributed by atoms with Crippen molar-refractivity contribution in [1.29, 1.82) is 0 Å². The van der Waals surface area contributed by atoms with E-state index in [1.165, 1.54) is 0 Å². The van der Waals surface area contributed by atoms with E-state index in [1.807, 2.05) is 30.3 Å². The number of piperidine rings is 1. The number of hydrogen-bond donors (Lipinski definition) is 1. The summed E-state index contributed by atoms with van der Waals surface area (Å²) in [5, 5.41) is 3.56. The molecule has 2 aromatic rings. The summed E-state index contributed by atoms with van der Waals surface area (Å²) >= 11 is 5.88. The molecule has 0 bridgehead atoms. The number of likely N-dealkylation sites (tertiary alicyclic amines) is 1. The predicted molar refractivity (Wildman–Crippen MR) is 94.8 cm³/mol. The molecule has 0 saturated carbocycles. The minimum absolute atomic E-state index is 0.0689.